The monoisotopic (exact) mass is 774 g/mol. The summed E-state index contributed by atoms with van der Waals surface area (Å²) in [5.74, 6) is 1.77. The minimum absolute atomic E-state index is 0.00873. The summed E-state index contributed by atoms with van der Waals surface area (Å²) >= 11 is 0. The van der Waals surface area contributed by atoms with Gasteiger partial charge in [0.1, 0.15) is 11.5 Å². The highest BCUT2D eigenvalue weighted by atomic mass is 16.5. The van der Waals surface area contributed by atoms with E-state index in [-0.39, 0.29) is 12.1 Å². The molecule has 3 aliphatic rings. The molecule has 60 heavy (non-hydrogen) atoms. The molecule has 4 heterocycles. The number of ether oxygens (including phenoxy) is 1. The maximum Gasteiger partial charge on any atom is 0.256 e. The van der Waals surface area contributed by atoms with E-state index in [0.29, 0.717) is 6.67 Å². The zero-order valence-corrected chi connectivity index (χ0v) is 34.0. The van der Waals surface area contributed by atoms with Gasteiger partial charge in [0.2, 0.25) is 0 Å². The van der Waals surface area contributed by atoms with Crippen LogP contribution in [0.2, 0.25) is 0 Å². The normalized spacial score (nSPS) is 13.8. The number of rotatable bonds is 6. The fourth-order valence-corrected chi connectivity index (χ4v) is 9.21. The van der Waals surface area contributed by atoms with Crippen molar-refractivity contribution in [2.75, 3.05) is 21.4 Å². The number of anilines is 5. The molecule has 0 atom stereocenters. The van der Waals surface area contributed by atoms with Gasteiger partial charge in [-0.05, 0) is 111 Å². The first-order valence-electron chi connectivity index (χ1n) is 20.8. The highest BCUT2D eigenvalue weighted by molar-refractivity contribution is 6.99. The van der Waals surface area contributed by atoms with Crippen molar-refractivity contribution in [3.63, 3.8) is 0 Å². The SMILES string of the molecule is CC(C)(C)c1ccnc(-c2ccc3c(c2)B2c4cc(N5C=CN(c6c(-c7ccccc7)cccc6-c6ccccc6)C5)ccc4N(c4ccccc4)c4cccc(c42)O3)c1. The second kappa shape index (κ2) is 14.2. The van der Waals surface area contributed by atoms with Crippen LogP contribution in [-0.2, 0) is 5.41 Å². The topological polar surface area (TPSA) is 31.8 Å². The van der Waals surface area contributed by atoms with Crippen LogP contribution in [0.1, 0.15) is 26.3 Å². The van der Waals surface area contributed by atoms with Crippen LogP contribution < -0.4 is 35.8 Å². The second-order valence-corrected chi connectivity index (χ2v) is 16.9. The van der Waals surface area contributed by atoms with E-state index in [2.05, 4.69) is 224 Å². The molecule has 0 aliphatic carbocycles. The molecule has 5 nitrogen and oxygen atoms in total. The Bertz CT molecular complexity index is 2880. The van der Waals surface area contributed by atoms with Crippen molar-refractivity contribution in [2.24, 2.45) is 0 Å². The van der Waals surface area contributed by atoms with E-state index in [4.69, 9.17) is 9.72 Å². The third-order valence-electron chi connectivity index (χ3n) is 12.2. The summed E-state index contributed by atoms with van der Waals surface area (Å²) in [5, 5.41) is 0. The van der Waals surface area contributed by atoms with Gasteiger partial charge in [-0.2, -0.15) is 0 Å². The van der Waals surface area contributed by atoms with E-state index in [1.165, 1.54) is 44.4 Å². The maximum atomic E-state index is 6.81. The summed E-state index contributed by atoms with van der Waals surface area (Å²) in [5.41, 5.74) is 17.4. The van der Waals surface area contributed by atoms with Crippen LogP contribution in [0.4, 0.5) is 28.4 Å². The van der Waals surface area contributed by atoms with E-state index in [1.54, 1.807) is 0 Å². The lowest BCUT2D eigenvalue weighted by Gasteiger charge is -2.40. The van der Waals surface area contributed by atoms with E-state index < -0.39 is 0 Å². The summed E-state index contributed by atoms with van der Waals surface area (Å²) in [6, 6.07) is 63.2. The van der Waals surface area contributed by atoms with Crippen LogP contribution in [0.25, 0.3) is 33.5 Å². The van der Waals surface area contributed by atoms with Gasteiger partial charge in [0.15, 0.2) is 0 Å². The molecule has 0 amide bonds. The molecular weight excluding hydrogens is 731 g/mol. The van der Waals surface area contributed by atoms with Gasteiger partial charge in [0, 0.05) is 52.5 Å². The van der Waals surface area contributed by atoms with Crippen molar-refractivity contribution in [2.45, 2.75) is 26.2 Å². The minimum atomic E-state index is -0.0632. The minimum Gasteiger partial charge on any atom is -0.458 e. The Morgan fingerprint density at radius 3 is 1.93 bits per heavy atom. The van der Waals surface area contributed by atoms with Crippen LogP contribution >= 0.6 is 0 Å². The third-order valence-corrected chi connectivity index (χ3v) is 12.2. The average Bonchev–Trinajstić information content (AvgIpc) is 3.79. The Morgan fingerprint density at radius 2 is 1.22 bits per heavy atom. The molecule has 1 aromatic heterocycles. The number of nitrogens with zero attached hydrogens (tertiary/aromatic N) is 4. The summed E-state index contributed by atoms with van der Waals surface area (Å²) in [4.78, 5) is 12.0. The van der Waals surface area contributed by atoms with Crippen molar-refractivity contribution in [1.82, 2.24) is 4.98 Å². The van der Waals surface area contributed by atoms with Gasteiger partial charge < -0.3 is 19.4 Å². The number of hydrogen-bond acceptors (Lipinski definition) is 5. The molecule has 0 radical (unpaired) electrons. The molecule has 0 spiro atoms. The van der Waals surface area contributed by atoms with E-state index in [1.807, 2.05) is 6.20 Å². The molecule has 0 fully saturated rings. The van der Waals surface area contributed by atoms with Crippen molar-refractivity contribution in [3.8, 4) is 45.0 Å². The summed E-state index contributed by atoms with van der Waals surface area (Å²) in [6.45, 7) is 7.35. The first-order chi connectivity index (χ1) is 29.4. The lowest BCUT2D eigenvalue weighted by Crippen LogP contribution is -2.59. The standard InChI is InChI=1S/C54H43BN4O/c1-54(2,3)40-29-30-56-47(34-40)39-25-28-50-46(33-39)55-45-35-42(26-27-48(45)59(41-19-11-6-12-20-41)49-23-14-24-51(60-50)52(49)55)57-31-32-58(36-57)53-43(37-15-7-4-8-16-37)21-13-22-44(53)38-17-9-5-10-18-38/h4-35H,36H2,1-3H3. The van der Waals surface area contributed by atoms with Crippen LogP contribution in [0, 0.1) is 0 Å². The van der Waals surface area contributed by atoms with Gasteiger partial charge in [0.05, 0.1) is 18.1 Å². The van der Waals surface area contributed by atoms with Crippen molar-refractivity contribution in [3.05, 3.63) is 200 Å². The molecule has 0 saturated carbocycles. The molecular formula is C54H43BN4O. The molecule has 0 unspecified atom stereocenters. The van der Waals surface area contributed by atoms with Gasteiger partial charge in [-0.1, -0.05) is 130 Å². The number of para-hydroxylation sites is 2. The summed E-state index contributed by atoms with van der Waals surface area (Å²) < 4.78 is 6.81. The molecule has 7 aromatic carbocycles. The van der Waals surface area contributed by atoms with Crippen molar-refractivity contribution in [1.29, 1.82) is 0 Å². The van der Waals surface area contributed by atoms with Crippen LogP contribution in [0.5, 0.6) is 11.5 Å². The van der Waals surface area contributed by atoms with E-state index >= 15 is 0 Å². The Morgan fingerprint density at radius 1 is 0.533 bits per heavy atom. The van der Waals surface area contributed by atoms with Gasteiger partial charge in [-0.15, -0.1) is 0 Å². The quantitative estimate of drug-likeness (QED) is 0.157. The second-order valence-electron chi connectivity index (χ2n) is 16.9. The van der Waals surface area contributed by atoms with Crippen LogP contribution in [0.3, 0.4) is 0 Å². The molecule has 8 aromatic rings. The Balaban J connectivity index is 1.04. The smallest absolute Gasteiger partial charge is 0.256 e. The number of fused-ring (bicyclic) bond motifs is 4. The number of hydrogen-bond donors (Lipinski definition) is 0. The fourth-order valence-electron chi connectivity index (χ4n) is 9.21. The zero-order valence-electron chi connectivity index (χ0n) is 34.0. The van der Waals surface area contributed by atoms with E-state index in [9.17, 15) is 0 Å². The molecule has 0 bridgehead atoms. The van der Waals surface area contributed by atoms with Crippen LogP contribution in [0.15, 0.2) is 195 Å². The number of aromatic nitrogens is 1. The summed E-state index contributed by atoms with van der Waals surface area (Å²) in [7, 11) is 0. The highest BCUT2D eigenvalue weighted by Crippen LogP contribution is 2.44. The Hall–Kier alpha value is -7.31. The fraction of sp³-hybridized carbons (Fsp3) is 0.0926. The first kappa shape index (κ1) is 35.8. The molecule has 3 aliphatic heterocycles. The molecule has 288 valence electrons. The zero-order chi connectivity index (χ0) is 40.4. The van der Waals surface area contributed by atoms with Gasteiger partial charge >= 0.3 is 0 Å². The largest absolute Gasteiger partial charge is 0.458 e. The lowest BCUT2D eigenvalue weighted by atomic mass is 9.34. The van der Waals surface area contributed by atoms with Crippen molar-refractivity contribution >= 4 is 51.5 Å². The Kier molecular flexibility index (Phi) is 8.48. The summed E-state index contributed by atoms with van der Waals surface area (Å²) in [6.07, 6.45) is 6.39. The molecule has 6 heteroatoms. The van der Waals surface area contributed by atoms with Crippen LogP contribution in [-0.4, -0.2) is 18.4 Å². The predicted molar refractivity (Wildman–Crippen MR) is 251 cm³/mol. The van der Waals surface area contributed by atoms with Gasteiger partial charge in [0.25, 0.3) is 6.71 Å². The van der Waals surface area contributed by atoms with Crippen molar-refractivity contribution < 1.29 is 4.74 Å². The Labute approximate surface area is 352 Å². The lowest BCUT2D eigenvalue weighted by molar-refractivity contribution is 0.487. The van der Waals surface area contributed by atoms with E-state index in [0.717, 1.165) is 51.0 Å². The molecule has 11 rings (SSSR count). The van der Waals surface area contributed by atoms with Gasteiger partial charge in [-0.25, -0.2) is 0 Å². The highest BCUT2D eigenvalue weighted by Gasteiger charge is 2.42. The average molecular weight is 775 g/mol. The maximum absolute atomic E-state index is 6.81. The van der Waals surface area contributed by atoms with Gasteiger partial charge in [-0.3, -0.25) is 4.98 Å². The molecule has 0 saturated heterocycles. The molecule has 0 N–H and O–H groups in total. The number of benzene rings is 7. The number of pyridine rings is 1. The third kappa shape index (κ3) is 6.06. The predicted octanol–water partition coefficient (Wildman–Crippen LogP) is 11.5. The first-order valence-corrected chi connectivity index (χ1v) is 20.8.